The fourth-order valence-corrected chi connectivity index (χ4v) is 3.46. The van der Waals surface area contributed by atoms with Crippen molar-refractivity contribution in [3.8, 4) is 23.0 Å². The van der Waals surface area contributed by atoms with Gasteiger partial charge in [-0.3, -0.25) is 0 Å². The number of benzene rings is 2. The number of phenolic OH excluding ortho intramolecular Hbond substituents is 1. The standard InChI is InChI=1S/C20H24N2O4S/c1-24-16-6-4-15(5-7-16)21-8-10-22(11-9-21)20(27)14-12-17(25-2)19(23)18(13-14)26-3/h4-7,12-13,23H,8-11H2,1-3H3. The normalized spacial score (nSPS) is 14.0. The molecule has 7 heteroatoms. The highest BCUT2D eigenvalue weighted by Gasteiger charge is 2.22. The van der Waals surface area contributed by atoms with Gasteiger partial charge < -0.3 is 29.1 Å². The summed E-state index contributed by atoms with van der Waals surface area (Å²) in [6.07, 6.45) is 0. The SMILES string of the molecule is COc1ccc(N2CCN(C(=S)c3cc(OC)c(O)c(OC)c3)CC2)cc1. The molecule has 1 N–H and O–H groups in total. The lowest BCUT2D eigenvalue weighted by molar-refractivity contribution is 0.339. The fourth-order valence-electron chi connectivity index (χ4n) is 3.16. The Morgan fingerprint density at radius 1 is 0.889 bits per heavy atom. The molecule has 0 atom stereocenters. The van der Waals surface area contributed by atoms with Crippen molar-refractivity contribution >= 4 is 22.9 Å². The number of phenols is 1. The smallest absolute Gasteiger partial charge is 0.200 e. The summed E-state index contributed by atoms with van der Waals surface area (Å²) in [5, 5.41) is 10.1. The zero-order valence-corrected chi connectivity index (χ0v) is 16.6. The molecule has 0 aromatic heterocycles. The van der Waals surface area contributed by atoms with Gasteiger partial charge in [0.2, 0.25) is 5.75 Å². The predicted molar refractivity (Wildman–Crippen MR) is 110 cm³/mol. The van der Waals surface area contributed by atoms with Crippen LogP contribution >= 0.6 is 12.2 Å². The predicted octanol–water partition coefficient (Wildman–Crippen LogP) is 2.92. The second kappa shape index (κ2) is 8.35. The van der Waals surface area contributed by atoms with Crippen molar-refractivity contribution in [1.29, 1.82) is 0 Å². The van der Waals surface area contributed by atoms with Crippen LogP contribution in [0.25, 0.3) is 0 Å². The molecule has 0 radical (unpaired) electrons. The van der Waals surface area contributed by atoms with E-state index in [0.717, 1.165) is 42.5 Å². The van der Waals surface area contributed by atoms with Gasteiger partial charge in [-0.25, -0.2) is 0 Å². The van der Waals surface area contributed by atoms with Gasteiger partial charge in [0, 0.05) is 37.4 Å². The summed E-state index contributed by atoms with van der Waals surface area (Å²) in [6.45, 7) is 3.38. The Balaban J connectivity index is 1.69. The highest BCUT2D eigenvalue weighted by atomic mass is 32.1. The first-order valence-corrected chi connectivity index (χ1v) is 9.11. The summed E-state index contributed by atoms with van der Waals surface area (Å²) < 4.78 is 15.7. The van der Waals surface area contributed by atoms with E-state index < -0.39 is 0 Å². The molecule has 0 bridgehead atoms. The maximum atomic E-state index is 10.1. The maximum Gasteiger partial charge on any atom is 0.200 e. The van der Waals surface area contributed by atoms with Crippen LogP contribution in [0.2, 0.25) is 0 Å². The van der Waals surface area contributed by atoms with E-state index >= 15 is 0 Å². The molecule has 6 nitrogen and oxygen atoms in total. The molecule has 0 saturated carbocycles. The summed E-state index contributed by atoms with van der Waals surface area (Å²) in [5.41, 5.74) is 1.98. The van der Waals surface area contributed by atoms with Gasteiger partial charge in [-0.05, 0) is 36.4 Å². The third-order valence-electron chi connectivity index (χ3n) is 4.73. The van der Waals surface area contributed by atoms with Gasteiger partial charge in [-0.2, -0.15) is 0 Å². The second-order valence-corrected chi connectivity index (χ2v) is 6.59. The molecule has 3 rings (SSSR count). The monoisotopic (exact) mass is 388 g/mol. The number of ether oxygens (including phenoxy) is 3. The number of rotatable bonds is 5. The lowest BCUT2D eigenvalue weighted by atomic mass is 10.1. The maximum absolute atomic E-state index is 10.1. The largest absolute Gasteiger partial charge is 0.502 e. The lowest BCUT2D eigenvalue weighted by Crippen LogP contribution is -2.48. The van der Waals surface area contributed by atoms with Gasteiger partial charge >= 0.3 is 0 Å². The molecular weight excluding hydrogens is 364 g/mol. The van der Waals surface area contributed by atoms with Crippen molar-refractivity contribution in [3.63, 3.8) is 0 Å². The highest BCUT2D eigenvalue weighted by Crippen LogP contribution is 2.37. The molecule has 0 amide bonds. The zero-order valence-electron chi connectivity index (χ0n) is 15.8. The van der Waals surface area contributed by atoms with E-state index in [9.17, 15) is 5.11 Å². The Morgan fingerprint density at radius 3 is 1.93 bits per heavy atom. The highest BCUT2D eigenvalue weighted by molar-refractivity contribution is 7.80. The molecule has 0 aliphatic carbocycles. The Morgan fingerprint density at radius 2 is 1.44 bits per heavy atom. The number of hydrogen-bond acceptors (Lipinski definition) is 6. The Hall–Kier alpha value is -2.67. The number of piperazine rings is 1. The zero-order chi connectivity index (χ0) is 19.4. The number of nitrogens with zero attached hydrogens (tertiary/aromatic N) is 2. The van der Waals surface area contributed by atoms with E-state index in [2.05, 4.69) is 21.9 Å². The number of methoxy groups -OCH3 is 3. The third-order valence-corrected chi connectivity index (χ3v) is 5.23. The van der Waals surface area contributed by atoms with Gasteiger partial charge in [0.1, 0.15) is 10.7 Å². The van der Waals surface area contributed by atoms with E-state index in [1.165, 1.54) is 19.9 Å². The van der Waals surface area contributed by atoms with Crippen LogP contribution in [-0.4, -0.2) is 62.5 Å². The van der Waals surface area contributed by atoms with Gasteiger partial charge in [0.25, 0.3) is 0 Å². The average molecular weight is 388 g/mol. The molecule has 27 heavy (non-hydrogen) atoms. The average Bonchev–Trinajstić information content (AvgIpc) is 2.73. The molecular formula is C20H24N2O4S. The van der Waals surface area contributed by atoms with Crippen LogP contribution in [-0.2, 0) is 0 Å². The van der Waals surface area contributed by atoms with Gasteiger partial charge in [0.15, 0.2) is 11.5 Å². The van der Waals surface area contributed by atoms with E-state index in [4.69, 9.17) is 26.4 Å². The first-order valence-electron chi connectivity index (χ1n) is 8.70. The number of hydrogen-bond donors (Lipinski definition) is 1. The van der Waals surface area contributed by atoms with E-state index in [-0.39, 0.29) is 5.75 Å². The minimum atomic E-state index is -0.0177. The summed E-state index contributed by atoms with van der Waals surface area (Å²) in [4.78, 5) is 5.22. The lowest BCUT2D eigenvalue weighted by Gasteiger charge is -2.37. The molecule has 1 aliphatic heterocycles. The van der Waals surface area contributed by atoms with Crippen LogP contribution < -0.4 is 19.1 Å². The molecule has 2 aromatic rings. The summed E-state index contributed by atoms with van der Waals surface area (Å²) in [7, 11) is 4.69. The van der Waals surface area contributed by atoms with Crippen molar-refractivity contribution < 1.29 is 19.3 Å². The summed E-state index contributed by atoms with van der Waals surface area (Å²) >= 11 is 5.69. The molecule has 0 unspecified atom stereocenters. The molecule has 1 heterocycles. The van der Waals surface area contributed by atoms with Crippen LogP contribution in [0.4, 0.5) is 5.69 Å². The third kappa shape index (κ3) is 4.03. The van der Waals surface area contributed by atoms with Crippen LogP contribution in [0.3, 0.4) is 0 Å². The summed E-state index contributed by atoms with van der Waals surface area (Å²) in [6, 6.07) is 11.6. The van der Waals surface area contributed by atoms with Gasteiger partial charge in [-0.1, -0.05) is 12.2 Å². The number of aromatic hydroxyl groups is 1. The molecule has 1 saturated heterocycles. The quantitative estimate of drug-likeness (QED) is 0.791. The van der Waals surface area contributed by atoms with Crippen molar-refractivity contribution in [1.82, 2.24) is 4.90 Å². The first-order chi connectivity index (χ1) is 13.1. The molecule has 1 aliphatic rings. The van der Waals surface area contributed by atoms with Crippen molar-refractivity contribution in [2.24, 2.45) is 0 Å². The van der Waals surface area contributed by atoms with Gasteiger partial charge in [0.05, 0.1) is 21.3 Å². The molecule has 2 aromatic carbocycles. The topological polar surface area (TPSA) is 54.4 Å². The Labute approximate surface area is 164 Å². The number of anilines is 1. The van der Waals surface area contributed by atoms with Crippen LogP contribution in [0.15, 0.2) is 36.4 Å². The van der Waals surface area contributed by atoms with Gasteiger partial charge in [-0.15, -0.1) is 0 Å². The van der Waals surface area contributed by atoms with Crippen LogP contribution in [0.1, 0.15) is 5.56 Å². The molecule has 0 spiro atoms. The minimum Gasteiger partial charge on any atom is -0.502 e. The summed E-state index contributed by atoms with van der Waals surface area (Å²) in [5.74, 6) is 1.54. The fraction of sp³-hybridized carbons (Fsp3) is 0.350. The van der Waals surface area contributed by atoms with Crippen LogP contribution in [0.5, 0.6) is 23.0 Å². The minimum absolute atomic E-state index is 0.0177. The van der Waals surface area contributed by atoms with Crippen molar-refractivity contribution in [2.45, 2.75) is 0 Å². The van der Waals surface area contributed by atoms with E-state index in [1.807, 2.05) is 12.1 Å². The molecule has 1 fully saturated rings. The van der Waals surface area contributed by atoms with Crippen molar-refractivity contribution in [2.75, 3.05) is 52.4 Å². The molecule has 144 valence electrons. The van der Waals surface area contributed by atoms with E-state index in [0.29, 0.717) is 11.5 Å². The number of thiocarbonyl (C=S) groups is 1. The first kappa shape index (κ1) is 19.1. The van der Waals surface area contributed by atoms with E-state index in [1.54, 1.807) is 19.2 Å². The Bertz CT molecular complexity index is 777. The van der Waals surface area contributed by atoms with Crippen LogP contribution in [0, 0.1) is 0 Å². The Kier molecular flexibility index (Phi) is 5.91. The van der Waals surface area contributed by atoms with Crippen molar-refractivity contribution in [3.05, 3.63) is 42.0 Å². The second-order valence-electron chi connectivity index (χ2n) is 6.21.